The van der Waals surface area contributed by atoms with Crippen molar-refractivity contribution < 1.29 is 4.74 Å². The summed E-state index contributed by atoms with van der Waals surface area (Å²) in [5.74, 6) is 0.646. The second kappa shape index (κ2) is 8.03. The van der Waals surface area contributed by atoms with E-state index < -0.39 is 0 Å². The Kier molecular flexibility index (Phi) is 6.65. The lowest BCUT2D eigenvalue weighted by Crippen LogP contribution is -2.20. The van der Waals surface area contributed by atoms with Gasteiger partial charge in [-0.15, -0.1) is 0 Å². The van der Waals surface area contributed by atoms with E-state index in [0.29, 0.717) is 18.5 Å². The van der Waals surface area contributed by atoms with Gasteiger partial charge in [0.2, 0.25) is 0 Å². The number of nitrogens with one attached hydrogen (secondary N) is 1. The van der Waals surface area contributed by atoms with Gasteiger partial charge in [0.15, 0.2) is 0 Å². The third-order valence-electron chi connectivity index (χ3n) is 2.47. The fourth-order valence-corrected chi connectivity index (χ4v) is 1.56. The fraction of sp³-hybridized carbons (Fsp3) is 0.714. The first-order chi connectivity index (χ1) is 8.61. The van der Waals surface area contributed by atoms with Crippen LogP contribution in [0.2, 0.25) is 0 Å². The van der Waals surface area contributed by atoms with Crippen molar-refractivity contribution in [1.29, 1.82) is 0 Å². The van der Waals surface area contributed by atoms with Gasteiger partial charge in [0.05, 0.1) is 12.3 Å². The zero-order valence-electron chi connectivity index (χ0n) is 12.0. The summed E-state index contributed by atoms with van der Waals surface area (Å²) in [5.41, 5.74) is 1.95. The number of ether oxygens (including phenoxy) is 1. The standard InChI is InChI=1S/C14H25N3O/c1-5-6-7-18-14-16-12(4)8-13(17-14)10-15-9-11(2)3/h8,11,15H,5-7,9-10H2,1-4H3. The maximum atomic E-state index is 5.55. The van der Waals surface area contributed by atoms with Gasteiger partial charge in [-0.05, 0) is 31.9 Å². The molecule has 0 atom stereocenters. The first-order valence-corrected chi connectivity index (χ1v) is 6.80. The second-order valence-electron chi connectivity index (χ2n) is 5.01. The predicted octanol–water partition coefficient (Wildman–Crippen LogP) is 2.71. The van der Waals surface area contributed by atoms with Gasteiger partial charge in [0.1, 0.15) is 0 Å². The minimum absolute atomic E-state index is 0.504. The van der Waals surface area contributed by atoms with Gasteiger partial charge in [-0.3, -0.25) is 0 Å². The molecule has 1 rings (SSSR count). The molecule has 0 aliphatic carbocycles. The summed E-state index contributed by atoms with van der Waals surface area (Å²) in [6.07, 6.45) is 2.16. The Balaban J connectivity index is 2.51. The molecule has 0 radical (unpaired) electrons. The molecule has 4 heteroatoms. The highest BCUT2D eigenvalue weighted by Crippen LogP contribution is 2.07. The lowest BCUT2D eigenvalue weighted by Gasteiger charge is -2.09. The summed E-state index contributed by atoms with van der Waals surface area (Å²) in [6.45, 7) is 11.0. The molecule has 0 aliphatic heterocycles. The Labute approximate surface area is 110 Å². The Morgan fingerprint density at radius 3 is 2.78 bits per heavy atom. The van der Waals surface area contributed by atoms with Crippen LogP contribution in [0.5, 0.6) is 6.01 Å². The third-order valence-corrected chi connectivity index (χ3v) is 2.47. The largest absolute Gasteiger partial charge is 0.463 e. The van der Waals surface area contributed by atoms with E-state index in [1.165, 1.54) is 0 Å². The summed E-state index contributed by atoms with van der Waals surface area (Å²) < 4.78 is 5.55. The van der Waals surface area contributed by atoms with Crippen molar-refractivity contribution in [2.24, 2.45) is 5.92 Å². The van der Waals surface area contributed by atoms with Crippen LogP contribution in [0.25, 0.3) is 0 Å². The van der Waals surface area contributed by atoms with Crippen molar-refractivity contribution in [2.75, 3.05) is 13.2 Å². The Morgan fingerprint density at radius 2 is 2.11 bits per heavy atom. The number of nitrogens with zero attached hydrogens (tertiary/aromatic N) is 2. The number of aryl methyl sites for hydroxylation is 1. The maximum absolute atomic E-state index is 5.55. The van der Waals surface area contributed by atoms with Crippen molar-refractivity contribution in [1.82, 2.24) is 15.3 Å². The molecule has 0 amide bonds. The molecule has 0 fully saturated rings. The number of hydrogen-bond acceptors (Lipinski definition) is 4. The molecule has 1 aromatic rings. The average molecular weight is 251 g/mol. The molecule has 0 aromatic carbocycles. The summed E-state index contributed by atoms with van der Waals surface area (Å²) in [4.78, 5) is 8.69. The topological polar surface area (TPSA) is 47.0 Å². The highest BCUT2D eigenvalue weighted by molar-refractivity contribution is 5.12. The van der Waals surface area contributed by atoms with Crippen LogP contribution in [0, 0.1) is 12.8 Å². The molecule has 1 N–H and O–H groups in total. The van der Waals surface area contributed by atoms with Gasteiger partial charge in [-0.25, -0.2) is 4.98 Å². The third kappa shape index (κ3) is 5.96. The minimum atomic E-state index is 0.504. The first kappa shape index (κ1) is 14.9. The van der Waals surface area contributed by atoms with Crippen LogP contribution >= 0.6 is 0 Å². The summed E-state index contributed by atoms with van der Waals surface area (Å²) >= 11 is 0. The molecule has 0 saturated heterocycles. The molecule has 1 heterocycles. The van der Waals surface area contributed by atoms with Crippen LogP contribution in [0.1, 0.15) is 45.0 Å². The number of aromatic nitrogens is 2. The van der Waals surface area contributed by atoms with Gasteiger partial charge < -0.3 is 10.1 Å². The van der Waals surface area contributed by atoms with Crippen molar-refractivity contribution >= 4 is 0 Å². The molecule has 0 saturated carbocycles. The number of hydrogen-bond donors (Lipinski definition) is 1. The monoisotopic (exact) mass is 251 g/mol. The van der Waals surface area contributed by atoms with E-state index in [9.17, 15) is 0 Å². The van der Waals surface area contributed by atoms with E-state index in [1.54, 1.807) is 0 Å². The van der Waals surface area contributed by atoms with E-state index in [2.05, 4.69) is 36.1 Å². The normalized spacial score (nSPS) is 10.9. The number of rotatable bonds is 8. The quantitative estimate of drug-likeness (QED) is 0.722. The fourth-order valence-electron chi connectivity index (χ4n) is 1.56. The van der Waals surface area contributed by atoms with Gasteiger partial charge >= 0.3 is 6.01 Å². The molecule has 0 aliphatic rings. The zero-order chi connectivity index (χ0) is 13.4. The first-order valence-electron chi connectivity index (χ1n) is 6.80. The molecule has 0 spiro atoms. The van der Waals surface area contributed by atoms with Gasteiger partial charge in [-0.2, -0.15) is 4.98 Å². The molecule has 0 unspecified atom stereocenters. The van der Waals surface area contributed by atoms with Gasteiger partial charge in [-0.1, -0.05) is 27.2 Å². The van der Waals surface area contributed by atoms with E-state index in [4.69, 9.17) is 4.74 Å². The van der Waals surface area contributed by atoms with Crippen LogP contribution in [0.3, 0.4) is 0 Å². The van der Waals surface area contributed by atoms with E-state index >= 15 is 0 Å². The predicted molar refractivity (Wildman–Crippen MR) is 73.7 cm³/mol. The minimum Gasteiger partial charge on any atom is -0.463 e. The van der Waals surface area contributed by atoms with Crippen LogP contribution in [0.15, 0.2) is 6.07 Å². The Hall–Kier alpha value is -1.16. The van der Waals surface area contributed by atoms with E-state index in [1.807, 2.05) is 13.0 Å². The Morgan fingerprint density at radius 1 is 1.33 bits per heavy atom. The second-order valence-corrected chi connectivity index (χ2v) is 5.01. The SMILES string of the molecule is CCCCOc1nc(C)cc(CNCC(C)C)n1. The van der Waals surface area contributed by atoms with E-state index in [-0.39, 0.29) is 0 Å². The van der Waals surface area contributed by atoms with Crippen LogP contribution < -0.4 is 10.1 Å². The molecule has 4 nitrogen and oxygen atoms in total. The summed E-state index contributed by atoms with van der Waals surface area (Å²) in [6, 6.07) is 2.50. The smallest absolute Gasteiger partial charge is 0.316 e. The molecule has 18 heavy (non-hydrogen) atoms. The average Bonchev–Trinajstić information content (AvgIpc) is 2.28. The Bertz CT molecular complexity index is 353. The maximum Gasteiger partial charge on any atom is 0.316 e. The highest BCUT2D eigenvalue weighted by atomic mass is 16.5. The van der Waals surface area contributed by atoms with E-state index in [0.717, 1.165) is 37.3 Å². The summed E-state index contributed by atoms with van der Waals surface area (Å²) in [5, 5.41) is 3.38. The van der Waals surface area contributed by atoms with Gasteiger partial charge in [0.25, 0.3) is 0 Å². The highest BCUT2D eigenvalue weighted by Gasteiger charge is 2.03. The van der Waals surface area contributed by atoms with Gasteiger partial charge in [0, 0.05) is 12.2 Å². The molecule has 0 bridgehead atoms. The zero-order valence-corrected chi connectivity index (χ0v) is 12.0. The van der Waals surface area contributed by atoms with Crippen LogP contribution in [-0.4, -0.2) is 23.1 Å². The van der Waals surface area contributed by atoms with Crippen molar-refractivity contribution in [3.8, 4) is 6.01 Å². The molecule has 1 aromatic heterocycles. The number of unbranched alkanes of at least 4 members (excludes halogenated alkanes) is 1. The molecular formula is C14H25N3O. The van der Waals surface area contributed by atoms with Crippen molar-refractivity contribution in [3.63, 3.8) is 0 Å². The van der Waals surface area contributed by atoms with Crippen LogP contribution in [0.4, 0.5) is 0 Å². The molecule has 102 valence electrons. The lowest BCUT2D eigenvalue weighted by atomic mass is 10.2. The van der Waals surface area contributed by atoms with Crippen molar-refractivity contribution in [2.45, 2.75) is 47.1 Å². The van der Waals surface area contributed by atoms with Crippen LogP contribution in [-0.2, 0) is 6.54 Å². The molecular weight excluding hydrogens is 226 g/mol. The summed E-state index contributed by atoms with van der Waals surface area (Å²) in [7, 11) is 0. The van der Waals surface area contributed by atoms with Crippen molar-refractivity contribution in [3.05, 3.63) is 17.5 Å². The lowest BCUT2D eigenvalue weighted by molar-refractivity contribution is 0.283.